The van der Waals surface area contributed by atoms with Crippen molar-refractivity contribution in [1.82, 2.24) is 20.9 Å². The van der Waals surface area contributed by atoms with Gasteiger partial charge in [-0.05, 0) is 33.6 Å². The van der Waals surface area contributed by atoms with Crippen LogP contribution in [0, 0.1) is 0 Å². The number of alkyl carbamates (subject to hydrolysis) is 1. The first-order valence-electron chi connectivity index (χ1n) is 8.85. The number of rotatable bonds is 9. The highest BCUT2D eigenvalue weighted by molar-refractivity contribution is 14.0. The first-order chi connectivity index (χ1) is 11.7. The molecule has 0 fully saturated rings. The molecule has 0 bridgehead atoms. The van der Waals surface area contributed by atoms with Crippen LogP contribution in [-0.2, 0) is 9.53 Å². The van der Waals surface area contributed by atoms with E-state index in [0.29, 0.717) is 19.0 Å². The van der Waals surface area contributed by atoms with Crippen LogP contribution < -0.4 is 16.0 Å². The van der Waals surface area contributed by atoms with Crippen molar-refractivity contribution in [3.05, 3.63) is 0 Å². The van der Waals surface area contributed by atoms with E-state index in [9.17, 15) is 9.59 Å². The number of amides is 2. The second kappa shape index (κ2) is 14.9. The van der Waals surface area contributed by atoms with Crippen molar-refractivity contribution < 1.29 is 14.3 Å². The van der Waals surface area contributed by atoms with Crippen LogP contribution in [0.1, 0.15) is 47.0 Å². The van der Waals surface area contributed by atoms with Gasteiger partial charge in [-0.3, -0.25) is 4.79 Å². The molecule has 8 nitrogen and oxygen atoms in total. The standard InChI is InChI=1S/C17H35N5O3.HI/c1-7-8-10-18-15(21-13-14(23)22(5)6)19-11-9-12-20-16(24)25-17(2,3)4;/h7-13H2,1-6H3,(H,20,24)(H2,18,19,21);1H. The lowest BCUT2D eigenvalue weighted by atomic mass is 10.2. The average molecular weight is 485 g/mol. The van der Waals surface area contributed by atoms with Gasteiger partial charge in [-0.1, -0.05) is 13.3 Å². The molecule has 0 spiro atoms. The van der Waals surface area contributed by atoms with Gasteiger partial charge < -0.3 is 25.6 Å². The lowest BCUT2D eigenvalue weighted by molar-refractivity contribution is -0.127. The summed E-state index contributed by atoms with van der Waals surface area (Å²) in [5, 5.41) is 9.08. The predicted octanol–water partition coefficient (Wildman–Crippen LogP) is 1.94. The summed E-state index contributed by atoms with van der Waals surface area (Å²) in [6, 6.07) is 0. The number of aliphatic imine (C=N–C) groups is 1. The van der Waals surface area contributed by atoms with E-state index >= 15 is 0 Å². The van der Waals surface area contributed by atoms with E-state index in [1.807, 2.05) is 20.8 Å². The molecule has 0 rings (SSSR count). The van der Waals surface area contributed by atoms with E-state index in [1.165, 1.54) is 4.90 Å². The Kier molecular flexibility index (Phi) is 15.4. The molecule has 0 aromatic heterocycles. The Balaban J connectivity index is 0. The van der Waals surface area contributed by atoms with E-state index in [2.05, 4.69) is 27.9 Å². The number of nitrogens with one attached hydrogen (secondary N) is 3. The molecule has 0 aliphatic heterocycles. The summed E-state index contributed by atoms with van der Waals surface area (Å²) in [7, 11) is 3.41. The molecule has 0 saturated heterocycles. The van der Waals surface area contributed by atoms with Gasteiger partial charge in [-0.15, -0.1) is 24.0 Å². The van der Waals surface area contributed by atoms with Crippen molar-refractivity contribution in [2.24, 2.45) is 4.99 Å². The van der Waals surface area contributed by atoms with Crippen molar-refractivity contribution >= 4 is 41.9 Å². The quantitative estimate of drug-likeness (QED) is 0.201. The Bertz CT molecular complexity index is 437. The maximum atomic E-state index is 11.6. The van der Waals surface area contributed by atoms with Gasteiger partial charge in [0.1, 0.15) is 12.1 Å². The third-order valence-electron chi connectivity index (χ3n) is 3.01. The molecular weight excluding hydrogens is 449 g/mol. The van der Waals surface area contributed by atoms with Crippen molar-refractivity contribution in [3.63, 3.8) is 0 Å². The number of halogens is 1. The molecule has 0 unspecified atom stereocenters. The zero-order valence-corrected chi connectivity index (χ0v) is 19.3. The van der Waals surface area contributed by atoms with Gasteiger partial charge in [0.2, 0.25) is 5.91 Å². The summed E-state index contributed by atoms with van der Waals surface area (Å²) < 4.78 is 5.17. The minimum Gasteiger partial charge on any atom is -0.444 e. The number of hydrogen-bond acceptors (Lipinski definition) is 4. The summed E-state index contributed by atoms with van der Waals surface area (Å²) >= 11 is 0. The third kappa shape index (κ3) is 16.2. The van der Waals surface area contributed by atoms with Crippen LogP contribution in [0.25, 0.3) is 0 Å². The monoisotopic (exact) mass is 485 g/mol. The Labute approximate surface area is 174 Å². The summed E-state index contributed by atoms with van der Waals surface area (Å²) in [4.78, 5) is 29.0. The molecule has 0 saturated carbocycles. The van der Waals surface area contributed by atoms with E-state index in [0.717, 1.165) is 25.8 Å². The molecule has 0 aromatic rings. The summed E-state index contributed by atoms with van der Waals surface area (Å²) in [6.07, 6.45) is 2.41. The van der Waals surface area contributed by atoms with Gasteiger partial charge in [-0.2, -0.15) is 0 Å². The molecule has 2 amide bonds. The molecule has 9 heteroatoms. The topological polar surface area (TPSA) is 95.1 Å². The van der Waals surface area contributed by atoms with Gasteiger partial charge in [0.15, 0.2) is 5.96 Å². The molecule has 154 valence electrons. The highest BCUT2D eigenvalue weighted by atomic mass is 127. The Hall–Kier alpha value is -1.26. The highest BCUT2D eigenvalue weighted by Crippen LogP contribution is 2.06. The number of likely N-dealkylation sites (N-methyl/N-ethyl adjacent to an activating group) is 1. The van der Waals surface area contributed by atoms with E-state index in [4.69, 9.17) is 4.74 Å². The van der Waals surface area contributed by atoms with Crippen LogP contribution in [0.2, 0.25) is 0 Å². The van der Waals surface area contributed by atoms with Gasteiger partial charge in [-0.25, -0.2) is 9.79 Å². The SMILES string of the molecule is CCCCNC(=NCC(=O)N(C)C)NCCCNC(=O)OC(C)(C)C.I. The number of carbonyl (C=O) groups is 2. The number of unbranched alkanes of at least 4 members (excludes halogenated alkanes) is 1. The normalized spacial score (nSPS) is 11.2. The fraction of sp³-hybridized carbons (Fsp3) is 0.824. The molecule has 0 radical (unpaired) electrons. The zero-order valence-electron chi connectivity index (χ0n) is 17.0. The second-order valence-electron chi connectivity index (χ2n) is 6.94. The highest BCUT2D eigenvalue weighted by Gasteiger charge is 2.15. The van der Waals surface area contributed by atoms with E-state index < -0.39 is 11.7 Å². The maximum Gasteiger partial charge on any atom is 0.407 e. The molecule has 0 aliphatic carbocycles. The third-order valence-corrected chi connectivity index (χ3v) is 3.01. The van der Waals surface area contributed by atoms with Crippen molar-refractivity contribution in [3.8, 4) is 0 Å². The van der Waals surface area contributed by atoms with Crippen molar-refractivity contribution in [2.45, 2.75) is 52.6 Å². The number of hydrogen-bond donors (Lipinski definition) is 3. The Morgan fingerprint density at radius 2 is 1.54 bits per heavy atom. The first-order valence-corrected chi connectivity index (χ1v) is 8.85. The molecule has 3 N–H and O–H groups in total. The minimum atomic E-state index is -0.496. The lowest BCUT2D eigenvalue weighted by Gasteiger charge is -2.19. The Morgan fingerprint density at radius 3 is 2.04 bits per heavy atom. The maximum absolute atomic E-state index is 11.6. The minimum absolute atomic E-state index is 0. The van der Waals surface area contributed by atoms with Crippen molar-refractivity contribution in [1.29, 1.82) is 0 Å². The van der Waals surface area contributed by atoms with Gasteiger partial charge in [0.25, 0.3) is 0 Å². The lowest BCUT2D eigenvalue weighted by Crippen LogP contribution is -2.40. The smallest absolute Gasteiger partial charge is 0.407 e. The number of ether oxygens (including phenoxy) is 1. The fourth-order valence-corrected chi connectivity index (χ4v) is 1.65. The van der Waals surface area contributed by atoms with E-state index in [1.54, 1.807) is 14.1 Å². The second-order valence-corrected chi connectivity index (χ2v) is 6.94. The molecule has 26 heavy (non-hydrogen) atoms. The van der Waals surface area contributed by atoms with Crippen LogP contribution in [-0.4, -0.2) is 68.7 Å². The van der Waals surface area contributed by atoms with E-state index in [-0.39, 0.29) is 36.4 Å². The molecule has 0 aliphatic rings. The molecule has 0 heterocycles. The van der Waals surface area contributed by atoms with Crippen LogP contribution in [0.5, 0.6) is 0 Å². The molecule has 0 aromatic carbocycles. The number of nitrogens with zero attached hydrogens (tertiary/aromatic N) is 2. The largest absolute Gasteiger partial charge is 0.444 e. The van der Waals surface area contributed by atoms with Crippen LogP contribution >= 0.6 is 24.0 Å². The molecule has 0 atom stereocenters. The number of carbonyl (C=O) groups excluding carboxylic acids is 2. The van der Waals surface area contributed by atoms with Crippen LogP contribution in [0.3, 0.4) is 0 Å². The van der Waals surface area contributed by atoms with Crippen LogP contribution in [0.15, 0.2) is 4.99 Å². The Morgan fingerprint density at radius 1 is 1.00 bits per heavy atom. The van der Waals surface area contributed by atoms with Gasteiger partial charge >= 0.3 is 6.09 Å². The average Bonchev–Trinajstić information content (AvgIpc) is 2.49. The fourth-order valence-electron chi connectivity index (χ4n) is 1.65. The summed E-state index contributed by atoms with van der Waals surface area (Å²) in [5.41, 5.74) is -0.496. The molecular formula is C17H36IN5O3. The van der Waals surface area contributed by atoms with Gasteiger partial charge in [0.05, 0.1) is 0 Å². The first kappa shape index (κ1) is 27.0. The summed E-state index contributed by atoms with van der Waals surface area (Å²) in [6.45, 7) is 9.63. The number of guanidine groups is 1. The zero-order chi connectivity index (χ0) is 19.3. The van der Waals surface area contributed by atoms with Gasteiger partial charge in [0, 0.05) is 33.7 Å². The summed E-state index contributed by atoms with van der Waals surface area (Å²) in [5.74, 6) is 0.559. The van der Waals surface area contributed by atoms with Crippen molar-refractivity contribution in [2.75, 3.05) is 40.3 Å². The predicted molar refractivity (Wildman–Crippen MR) is 116 cm³/mol. The van der Waals surface area contributed by atoms with Crippen LogP contribution in [0.4, 0.5) is 4.79 Å².